The van der Waals surface area contributed by atoms with Crippen molar-refractivity contribution in [1.29, 1.82) is 0 Å². The third kappa shape index (κ3) is 9.69. The molecule has 0 fully saturated rings. The Balaban J connectivity index is 0.00000576. The number of carbonyl (C=O) groups is 1. The number of guanidine groups is 1. The fraction of sp³-hybridized carbons (Fsp3) is 0.647. The minimum Gasteiger partial charge on any atom is -0.454 e. The highest BCUT2D eigenvalue weighted by atomic mass is 127. The number of hydrogen-bond acceptors (Lipinski definition) is 4. The number of nitrogens with zero attached hydrogens (tertiary/aromatic N) is 1. The number of hydrogen-bond donors (Lipinski definition) is 4. The summed E-state index contributed by atoms with van der Waals surface area (Å²) in [5.74, 6) is 1.78. The highest BCUT2D eigenvalue weighted by Crippen LogP contribution is 2.14. The Labute approximate surface area is 166 Å². The van der Waals surface area contributed by atoms with Gasteiger partial charge in [0.2, 0.25) is 0 Å². The van der Waals surface area contributed by atoms with Gasteiger partial charge in [0.15, 0.2) is 11.7 Å². The molecule has 1 amide bonds. The molecule has 1 heterocycles. The van der Waals surface area contributed by atoms with Gasteiger partial charge < -0.3 is 25.9 Å². The zero-order chi connectivity index (χ0) is 17.9. The molecule has 0 aliphatic rings. The maximum absolute atomic E-state index is 11.0. The molecular formula is C17H31IN4O3. The number of aliphatic imine (C=N–C) groups is 1. The van der Waals surface area contributed by atoms with Crippen LogP contribution >= 0.6 is 24.0 Å². The summed E-state index contributed by atoms with van der Waals surface area (Å²) in [5.41, 5.74) is 5.17. The van der Waals surface area contributed by atoms with Crippen molar-refractivity contribution in [3.8, 4) is 0 Å². The van der Waals surface area contributed by atoms with Gasteiger partial charge in [-0.2, -0.15) is 0 Å². The molecule has 0 aromatic carbocycles. The van der Waals surface area contributed by atoms with E-state index in [2.05, 4.69) is 29.5 Å². The average Bonchev–Trinajstić information content (AvgIpc) is 2.98. The van der Waals surface area contributed by atoms with Gasteiger partial charge in [-0.05, 0) is 43.7 Å². The van der Waals surface area contributed by atoms with Crippen molar-refractivity contribution < 1.29 is 14.3 Å². The summed E-state index contributed by atoms with van der Waals surface area (Å²) < 4.78 is 5.32. The number of nitrogens with one attached hydrogen (secondary N) is 2. The Morgan fingerprint density at radius 3 is 2.60 bits per heavy atom. The third-order valence-corrected chi connectivity index (χ3v) is 3.54. The van der Waals surface area contributed by atoms with Crippen molar-refractivity contribution in [2.24, 2.45) is 22.6 Å². The fourth-order valence-electron chi connectivity index (χ4n) is 2.49. The minimum absolute atomic E-state index is 0. The van der Waals surface area contributed by atoms with Crippen LogP contribution in [0.25, 0.3) is 0 Å². The maximum atomic E-state index is 11.0. The van der Waals surface area contributed by atoms with Crippen molar-refractivity contribution in [3.63, 3.8) is 0 Å². The van der Waals surface area contributed by atoms with E-state index < -0.39 is 5.91 Å². The smallest absolute Gasteiger partial charge is 0.284 e. The summed E-state index contributed by atoms with van der Waals surface area (Å²) in [5, 5.41) is 15.7. The van der Waals surface area contributed by atoms with E-state index in [0.717, 1.165) is 25.9 Å². The fourth-order valence-corrected chi connectivity index (χ4v) is 2.49. The normalized spacial score (nSPS) is 12.6. The number of primary amides is 1. The Kier molecular flexibility index (Phi) is 12.3. The van der Waals surface area contributed by atoms with Crippen molar-refractivity contribution in [2.75, 3.05) is 19.7 Å². The number of amides is 1. The number of nitrogens with two attached hydrogens (primary N) is 1. The van der Waals surface area contributed by atoms with Crippen LogP contribution in [0.4, 0.5) is 0 Å². The molecular weight excluding hydrogens is 435 g/mol. The van der Waals surface area contributed by atoms with E-state index >= 15 is 0 Å². The second-order valence-corrected chi connectivity index (χ2v) is 6.21. The Morgan fingerprint density at radius 2 is 2.08 bits per heavy atom. The predicted octanol–water partition coefficient (Wildman–Crippen LogP) is 2.10. The monoisotopic (exact) mass is 466 g/mol. The molecule has 0 aliphatic heterocycles. The molecule has 1 aromatic heterocycles. The number of aliphatic hydroxyl groups excluding tert-OH is 1. The molecule has 0 radical (unpaired) electrons. The van der Waals surface area contributed by atoms with Crippen LogP contribution in [0.15, 0.2) is 21.5 Å². The topological polar surface area (TPSA) is 113 Å². The van der Waals surface area contributed by atoms with Gasteiger partial charge in [0, 0.05) is 19.7 Å². The first-order valence-electron chi connectivity index (χ1n) is 8.47. The van der Waals surface area contributed by atoms with Gasteiger partial charge in [-0.15, -0.1) is 24.0 Å². The first kappa shape index (κ1) is 23.7. The molecule has 8 heteroatoms. The lowest BCUT2D eigenvalue weighted by Gasteiger charge is -2.20. The Hall–Kier alpha value is -1.29. The highest BCUT2D eigenvalue weighted by Gasteiger charge is 2.12. The zero-order valence-corrected chi connectivity index (χ0v) is 17.6. The average molecular weight is 466 g/mol. The second kappa shape index (κ2) is 13.0. The van der Waals surface area contributed by atoms with Gasteiger partial charge in [-0.1, -0.05) is 13.8 Å². The highest BCUT2D eigenvalue weighted by molar-refractivity contribution is 14.0. The standard InChI is InChI=1S/C17H30N4O3.HI/c1-4-19-17(20-10-13(7-8-22)9-12(2)3)21-11-14-5-6-15(24-14)16(18)23;/h5-6,12-13,22H,4,7-11H2,1-3H3,(H2,18,23)(H2,19,20,21);1H. The molecule has 1 atom stereocenters. The summed E-state index contributed by atoms with van der Waals surface area (Å²) in [6, 6.07) is 3.24. The maximum Gasteiger partial charge on any atom is 0.284 e. The number of rotatable bonds is 10. The van der Waals surface area contributed by atoms with Gasteiger partial charge in [0.05, 0.1) is 0 Å². The van der Waals surface area contributed by atoms with Gasteiger partial charge in [0.1, 0.15) is 12.3 Å². The third-order valence-electron chi connectivity index (χ3n) is 3.54. The van der Waals surface area contributed by atoms with E-state index in [1.165, 1.54) is 0 Å². The lowest BCUT2D eigenvalue weighted by molar-refractivity contribution is 0.0972. The first-order chi connectivity index (χ1) is 11.5. The molecule has 1 aromatic rings. The van der Waals surface area contributed by atoms with E-state index in [-0.39, 0.29) is 36.3 Å². The van der Waals surface area contributed by atoms with E-state index in [9.17, 15) is 9.90 Å². The van der Waals surface area contributed by atoms with Gasteiger partial charge in [-0.25, -0.2) is 4.99 Å². The van der Waals surface area contributed by atoms with Gasteiger partial charge >= 0.3 is 0 Å². The number of furan rings is 1. The molecule has 0 spiro atoms. The number of carbonyl (C=O) groups excluding carboxylic acids is 1. The summed E-state index contributed by atoms with van der Waals surface area (Å²) in [4.78, 5) is 15.5. The van der Waals surface area contributed by atoms with Gasteiger partial charge in [-0.3, -0.25) is 4.79 Å². The Bertz CT molecular complexity index is 532. The first-order valence-corrected chi connectivity index (χ1v) is 8.47. The van der Waals surface area contributed by atoms with Crippen molar-refractivity contribution in [3.05, 3.63) is 23.7 Å². The molecule has 1 unspecified atom stereocenters. The quantitative estimate of drug-likeness (QED) is 0.240. The van der Waals surface area contributed by atoms with Crippen LogP contribution in [-0.4, -0.2) is 36.7 Å². The molecule has 1 rings (SSSR count). The largest absolute Gasteiger partial charge is 0.454 e. The van der Waals surface area contributed by atoms with Crippen LogP contribution < -0.4 is 16.4 Å². The van der Waals surface area contributed by atoms with Crippen molar-refractivity contribution in [1.82, 2.24) is 10.6 Å². The summed E-state index contributed by atoms with van der Waals surface area (Å²) in [6.07, 6.45) is 1.82. The molecule has 5 N–H and O–H groups in total. The lowest BCUT2D eigenvalue weighted by Crippen LogP contribution is -2.40. The van der Waals surface area contributed by atoms with Crippen LogP contribution in [-0.2, 0) is 6.54 Å². The van der Waals surface area contributed by atoms with Gasteiger partial charge in [0.25, 0.3) is 5.91 Å². The predicted molar refractivity (Wildman–Crippen MR) is 110 cm³/mol. The van der Waals surface area contributed by atoms with E-state index in [4.69, 9.17) is 10.2 Å². The Morgan fingerprint density at radius 1 is 1.36 bits per heavy atom. The number of aliphatic hydroxyl groups is 1. The second-order valence-electron chi connectivity index (χ2n) is 6.21. The summed E-state index contributed by atoms with van der Waals surface area (Å²) in [6.45, 7) is 8.34. The van der Waals surface area contributed by atoms with Crippen LogP contribution in [0, 0.1) is 11.8 Å². The molecule has 0 aliphatic carbocycles. The lowest BCUT2D eigenvalue weighted by atomic mass is 9.94. The number of halogens is 1. The van der Waals surface area contributed by atoms with Crippen LogP contribution in [0.2, 0.25) is 0 Å². The molecule has 7 nitrogen and oxygen atoms in total. The summed E-state index contributed by atoms with van der Waals surface area (Å²) in [7, 11) is 0. The SMILES string of the molecule is CCNC(=NCc1ccc(C(N)=O)o1)NCC(CCO)CC(C)C.I. The molecule has 144 valence electrons. The van der Waals surface area contributed by atoms with Crippen molar-refractivity contribution >= 4 is 35.8 Å². The molecule has 0 saturated heterocycles. The minimum atomic E-state index is -0.587. The van der Waals surface area contributed by atoms with E-state index in [1.807, 2.05) is 6.92 Å². The molecule has 25 heavy (non-hydrogen) atoms. The van der Waals surface area contributed by atoms with Crippen LogP contribution in [0.3, 0.4) is 0 Å². The van der Waals surface area contributed by atoms with Crippen LogP contribution in [0.5, 0.6) is 0 Å². The van der Waals surface area contributed by atoms with Crippen molar-refractivity contribution in [2.45, 2.75) is 40.2 Å². The zero-order valence-electron chi connectivity index (χ0n) is 15.2. The van der Waals surface area contributed by atoms with Crippen LogP contribution in [0.1, 0.15) is 49.9 Å². The summed E-state index contributed by atoms with van der Waals surface area (Å²) >= 11 is 0. The van der Waals surface area contributed by atoms with E-state index in [1.54, 1.807) is 12.1 Å². The van der Waals surface area contributed by atoms with E-state index in [0.29, 0.717) is 30.1 Å². The molecule has 0 bridgehead atoms. The molecule has 0 saturated carbocycles.